The summed E-state index contributed by atoms with van der Waals surface area (Å²) >= 11 is 0. The van der Waals surface area contributed by atoms with Gasteiger partial charge in [-0.05, 0) is 18.1 Å². The van der Waals surface area contributed by atoms with Crippen molar-refractivity contribution in [1.29, 1.82) is 5.26 Å². The quantitative estimate of drug-likeness (QED) is 0.871. The van der Waals surface area contributed by atoms with Gasteiger partial charge in [-0.2, -0.15) is 5.26 Å². The molecule has 1 N–H and O–H groups in total. The zero-order chi connectivity index (χ0) is 15.3. The van der Waals surface area contributed by atoms with Crippen LogP contribution in [0.15, 0.2) is 12.1 Å². The van der Waals surface area contributed by atoms with Crippen LogP contribution in [0, 0.1) is 28.9 Å². The first-order valence-corrected chi connectivity index (χ1v) is 6.21. The number of carboxylic acid groups (broad SMARTS) is 1. The number of carboxylic acids is 1. The lowest BCUT2D eigenvalue weighted by atomic mass is 10.1. The Labute approximate surface area is 116 Å². The number of hydrogen-bond acceptors (Lipinski definition) is 3. The predicted octanol–water partition coefficient (Wildman–Crippen LogP) is 3.04. The Morgan fingerprint density at radius 3 is 2.35 bits per heavy atom. The van der Waals surface area contributed by atoms with E-state index >= 15 is 0 Å². The van der Waals surface area contributed by atoms with Crippen molar-refractivity contribution in [1.82, 2.24) is 0 Å². The Kier molecular flexibility index (Phi) is 5.44. The molecule has 0 heterocycles. The Hall–Kier alpha value is -2.16. The van der Waals surface area contributed by atoms with Crippen LogP contribution in [0.3, 0.4) is 0 Å². The second-order valence-electron chi connectivity index (χ2n) is 4.84. The summed E-state index contributed by atoms with van der Waals surface area (Å²) < 4.78 is 27.9. The van der Waals surface area contributed by atoms with Gasteiger partial charge < -0.3 is 10.0 Å². The van der Waals surface area contributed by atoms with Crippen LogP contribution in [-0.4, -0.2) is 24.2 Å². The van der Waals surface area contributed by atoms with E-state index in [1.807, 2.05) is 19.9 Å². The summed E-state index contributed by atoms with van der Waals surface area (Å²) in [6.07, 6.45) is 0.131. The van der Waals surface area contributed by atoms with Gasteiger partial charge >= 0.3 is 5.97 Å². The van der Waals surface area contributed by atoms with Crippen molar-refractivity contribution in [3.8, 4) is 6.07 Å². The Morgan fingerprint density at radius 1 is 1.40 bits per heavy atom. The van der Waals surface area contributed by atoms with E-state index in [0.29, 0.717) is 6.54 Å². The molecular weight excluding hydrogens is 266 g/mol. The number of anilines is 1. The zero-order valence-corrected chi connectivity index (χ0v) is 11.4. The summed E-state index contributed by atoms with van der Waals surface area (Å²) in [4.78, 5) is 12.2. The molecule has 0 aliphatic heterocycles. The second-order valence-corrected chi connectivity index (χ2v) is 4.84. The fourth-order valence-corrected chi connectivity index (χ4v) is 1.91. The van der Waals surface area contributed by atoms with E-state index in [1.165, 1.54) is 4.90 Å². The minimum absolute atomic E-state index is 0.131. The topological polar surface area (TPSA) is 64.3 Å². The third kappa shape index (κ3) is 3.92. The van der Waals surface area contributed by atoms with Crippen molar-refractivity contribution >= 4 is 11.7 Å². The minimum atomic E-state index is -1.39. The molecule has 1 rings (SSSR count). The van der Waals surface area contributed by atoms with Crippen LogP contribution in [0.1, 0.15) is 30.6 Å². The summed E-state index contributed by atoms with van der Waals surface area (Å²) in [5.41, 5.74) is -0.715. The number of carbonyl (C=O) groups is 1. The molecule has 0 atom stereocenters. The second kappa shape index (κ2) is 6.85. The van der Waals surface area contributed by atoms with Crippen molar-refractivity contribution in [3.05, 3.63) is 29.3 Å². The molecule has 1 aromatic rings. The summed E-state index contributed by atoms with van der Waals surface area (Å²) in [5, 5.41) is 17.4. The molecule has 0 aliphatic rings. The van der Waals surface area contributed by atoms with Crippen molar-refractivity contribution in [2.24, 2.45) is 5.92 Å². The van der Waals surface area contributed by atoms with Gasteiger partial charge in [0.05, 0.1) is 18.1 Å². The molecule has 0 saturated heterocycles. The van der Waals surface area contributed by atoms with Crippen LogP contribution in [0.2, 0.25) is 0 Å². The zero-order valence-electron chi connectivity index (χ0n) is 11.4. The van der Waals surface area contributed by atoms with Gasteiger partial charge in [0, 0.05) is 13.1 Å². The fraction of sp³-hybridized carbons (Fsp3) is 0.429. The van der Waals surface area contributed by atoms with Crippen molar-refractivity contribution in [2.45, 2.75) is 20.3 Å². The largest absolute Gasteiger partial charge is 0.478 e. The molecule has 0 fully saturated rings. The predicted molar refractivity (Wildman–Crippen MR) is 70.6 cm³/mol. The van der Waals surface area contributed by atoms with Crippen LogP contribution < -0.4 is 4.90 Å². The molecule has 1 aromatic carbocycles. The third-order valence-electron chi connectivity index (χ3n) is 2.66. The minimum Gasteiger partial charge on any atom is -0.478 e. The molecule has 0 aliphatic carbocycles. The van der Waals surface area contributed by atoms with Crippen LogP contribution in [0.4, 0.5) is 14.5 Å². The smallest absolute Gasteiger partial charge is 0.335 e. The van der Waals surface area contributed by atoms with Gasteiger partial charge in [-0.15, -0.1) is 0 Å². The van der Waals surface area contributed by atoms with E-state index in [2.05, 4.69) is 0 Å². The summed E-state index contributed by atoms with van der Waals surface area (Å²) in [5.74, 6) is -3.10. The molecule has 108 valence electrons. The normalized spacial score (nSPS) is 10.4. The molecule has 6 heteroatoms. The molecule has 0 radical (unpaired) electrons. The van der Waals surface area contributed by atoms with Gasteiger partial charge in [0.2, 0.25) is 0 Å². The molecule has 20 heavy (non-hydrogen) atoms. The fourth-order valence-electron chi connectivity index (χ4n) is 1.91. The highest BCUT2D eigenvalue weighted by Gasteiger charge is 2.20. The molecular formula is C14H16F2N2O2. The molecule has 0 spiro atoms. The van der Waals surface area contributed by atoms with E-state index in [9.17, 15) is 13.6 Å². The van der Waals surface area contributed by atoms with Gasteiger partial charge in [0.15, 0.2) is 0 Å². The first-order valence-electron chi connectivity index (χ1n) is 6.21. The maximum atomic E-state index is 14.0. The SMILES string of the molecule is CC(C)CN(CCC#N)c1c(F)cc(C(=O)O)cc1F. The lowest BCUT2D eigenvalue weighted by Gasteiger charge is -2.26. The van der Waals surface area contributed by atoms with Gasteiger partial charge in [0.25, 0.3) is 0 Å². The number of benzene rings is 1. The van der Waals surface area contributed by atoms with E-state index in [-0.39, 0.29) is 24.6 Å². The van der Waals surface area contributed by atoms with E-state index < -0.39 is 23.2 Å². The van der Waals surface area contributed by atoms with Gasteiger partial charge in [-0.3, -0.25) is 0 Å². The highest BCUT2D eigenvalue weighted by atomic mass is 19.1. The Bertz CT molecular complexity index is 515. The monoisotopic (exact) mass is 282 g/mol. The molecule has 0 amide bonds. The van der Waals surface area contributed by atoms with E-state index in [1.54, 1.807) is 0 Å². The van der Waals surface area contributed by atoms with E-state index in [4.69, 9.17) is 10.4 Å². The third-order valence-corrected chi connectivity index (χ3v) is 2.66. The number of aromatic carboxylic acids is 1. The number of nitriles is 1. The molecule has 0 aromatic heterocycles. The maximum Gasteiger partial charge on any atom is 0.335 e. The van der Waals surface area contributed by atoms with Crippen LogP contribution in [-0.2, 0) is 0 Å². The number of halogens is 2. The van der Waals surface area contributed by atoms with E-state index in [0.717, 1.165) is 12.1 Å². The van der Waals surface area contributed by atoms with Crippen LogP contribution in [0.25, 0.3) is 0 Å². The average Bonchev–Trinajstić information content (AvgIpc) is 2.33. The Balaban J connectivity index is 3.19. The van der Waals surface area contributed by atoms with Crippen molar-refractivity contribution in [3.63, 3.8) is 0 Å². The Morgan fingerprint density at radius 2 is 1.95 bits per heavy atom. The van der Waals surface area contributed by atoms with Crippen LogP contribution in [0.5, 0.6) is 0 Å². The van der Waals surface area contributed by atoms with Crippen molar-refractivity contribution < 1.29 is 18.7 Å². The average molecular weight is 282 g/mol. The molecule has 0 unspecified atom stereocenters. The lowest BCUT2D eigenvalue weighted by Crippen LogP contribution is -2.30. The number of rotatable bonds is 6. The van der Waals surface area contributed by atoms with Gasteiger partial charge in [0.1, 0.15) is 17.3 Å². The number of hydrogen-bond donors (Lipinski definition) is 1. The first-order chi connectivity index (χ1) is 9.36. The molecule has 4 nitrogen and oxygen atoms in total. The van der Waals surface area contributed by atoms with Gasteiger partial charge in [-0.1, -0.05) is 13.8 Å². The highest BCUT2D eigenvalue weighted by molar-refractivity contribution is 5.88. The highest BCUT2D eigenvalue weighted by Crippen LogP contribution is 2.26. The number of nitrogens with zero attached hydrogens (tertiary/aromatic N) is 2. The summed E-state index contributed by atoms with van der Waals surface area (Å²) in [6, 6.07) is 3.51. The van der Waals surface area contributed by atoms with Crippen LogP contribution >= 0.6 is 0 Å². The first kappa shape index (κ1) is 15.9. The summed E-state index contributed by atoms with van der Waals surface area (Å²) in [7, 11) is 0. The molecule has 0 saturated carbocycles. The standard InChI is InChI=1S/C14H16F2N2O2/c1-9(2)8-18(5-3-4-17)13-11(15)6-10(14(19)20)7-12(13)16/h6-7,9H,3,5,8H2,1-2H3,(H,19,20). The summed E-state index contributed by atoms with van der Waals surface area (Å²) in [6.45, 7) is 4.35. The lowest BCUT2D eigenvalue weighted by molar-refractivity contribution is 0.0695. The van der Waals surface area contributed by atoms with Gasteiger partial charge in [-0.25, -0.2) is 13.6 Å². The van der Waals surface area contributed by atoms with Crippen molar-refractivity contribution in [2.75, 3.05) is 18.0 Å². The molecule has 0 bridgehead atoms. The maximum absolute atomic E-state index is 14.0.